The highest BCUT2D eigenvalue weighted by atomic mass is 32.2. The SMILES string of the molecule is Nc1cccc(C(O)CSc2nc(N)cc(N)n2)c1. The van der Waals surface area contributed by atoms with E-state index in [0.717, 1.165) is 5.56 Å². The second-order valence-corrected chi connectivity index (χ2v) is 4.98. The Morgan fingerprint density at radius 1 is 1.11 bits per heavy atom. The molecule has 1 aromatic heterocycles. The molecule has 1 atom stereocenters. The second-order valence-electron chi connectivity index (χ2n) is 4.00. The van der Waals surface area contributed by atoms with Gasteiger partial charge < -0.3 is 22.3 Å². The largest absolute Gasteiger partial charge is 0.399 e. The average molecular weight is 277 g/mol. The average Bonchev–Trinajstić information content (AvgIpc) is 2.35. The molecule has 0 amide bonds. The molecule has 100 valence electrons. The third-order valence-corrected chi connectivity index (χ3v) is 3.33. The van der Waals surface area contributed by atoms with Gasteiger partial charge in [-0.15, -0.1) is 0 Å². The van der Waals surface area contributed by atoms with E-state index in [-0.39, 0.29) is 0 Å². The molecule has 2 rings (SSSR count). The zero-order chi connectivity index (χ0) is 13.8. The van der Waals surface area contributed by atoms with Gasteiger partial charge in [-0.05, 0) is 17.7 Å². The molecule has 0 aliphatic heterocycles. The highest BCUT2D eigenvalue weighted by Gasteiger charge is 2.10. The molecule has 0 fully saturated rings. The fourth-order valence-electron chi connectivity index (χ4n) is 1.54. The predicted octanol–water partition coefficient (Wildman–Crippen LogP) is 1.05. The fourth-order valence-corrected chi connectivity index (χ4v) is 2.38. The summed E-state index contributed by atoms with van der Waals surface area (Å²) in [7, 11) is 0. The summed E-state index contributed by atoms with van der Waals surface area (Å²) in [5.41, 5.74) is 18.2. The molecule has 1 unspecified atom stereocenters. The lowest BCUT2D eigenvalue weighted by atomic mass is 10.1. The minimum absolute atomic E-state index is 0.313. The van der Waals surface area contributed by atoms with Gasteiger partial charge in [-0.25, -0.2) is 9.97 Å². The van der Waals surface area contributed by atoms with Gasteiger partial charge in [-0.2, -0.15) is 0 Å². The Hall–Kier alpha value is -1.99. The molecule has 7 heteroatoms. The first-order chi connectivity index (χ1) is 9.04. The highest BCUT2D eigenvalue weighted by Crippen LogP contribution is 2.24. The number of nitrogen functional groups attached to an aromatic ring is 3. The van der Waals surface area contributed by atoms with E-state index in [1.54, 1.807) is 18.2 Å². The first kappa shape index (κ1) is 13.4. The van der Waals surface area contributed by atoms with Crippen LogP contribution >= 0.6 is 11.8 Å². The lowest BCUT2D eigenvalue weighted by Gasteiger charge is -2.10. The van der Waals surface area contributed by atoms with Crippen LogP contribution in [0.4, 0.5) is 17.3 Å². The van der Waals surface area contributed by atoms with E-state index in [1.807, 2.05) is 6.07 Å². The molecule has 7 N–H and O–H groups in total. The van der Waals surface area contributed by atoms with E-state index >= 15 is 0 Å². The summed E-state index contributed by atoms with van der Waals surface area (Å²) in [4.78, 5) is 8.06. The maximum atomic E-state index is 10.1. The van der Waals surface area contributed by atoms with Crippen LogP contribution in [0.25, 0.3) is 0 Å². The molecule has 19 heavy (non-hydrogen) atoms. The number of benzene rings is 1. The van der Waals surface area contributed by atoms with Crippen LogP contribution in [0.3, 0.4) is 0 Å². The Labute approximate surface area is 115 Å². The Balaban J connectivity index is 2.02. The molecule has 0 saturated carbocycles. The van der Waals surface area contributed by atoms with E-state index in [2.05, 4.69) is 9.97 Å². The minimum atomic E-state index is -0.653. The van der Waals surface area contributed by atoms with Gasteiger partial charge in [0.2, 0.25) is 0 Å². The number of hydrogen-bond donors (Lipinski definition) is 4. The van der Waals surface area contributed by atoms with Crippen molar-refractivity contribution in [1.29, 1.82) is 0 Å². The maximum absolute atomic E-state index is 10.1. The van der Waals surface area contributed by atoms with E-state index < -0.39 is 6.10 Å². The minimum Gasteiger partial charge on any atom is -0.399 e. The van der Waals surface area contributed by atoms with Crippen LogP contribution in [0.15, 0.2) is 35.5 Å². The van der Waals surface area contributed by atoms with Gasteiger partial charge in [0.1, 0.15) is 11.6 Å². The number of aliphatic hydroxyl groups excluding tert-OH is 1. The van der Waals surface area contributed by atoms with Crippen LogP contribution in [0.1, 0.15) is 11.7 Å². The van der Waals surface area contributed by atoms with Crippen molar-refractivity contribution >= 4 is 29.1 Å². The number of nitrogens with two attached hydrogens (primary N) is 3. The topological polar surface area (TPSA) is 124 Å². The third-order valence-electron chi connectivity index (χ3n) is 2.41. The van der Waals surface area contributed by atoms with E-state index in [0.29, 0.717) is 28.2 Å². The van der Waals surface area contributed by atoms with Crippen molar-refractivity contribution < 1.29 is 5.11 Å². The Kier molecular flexibility index (Phi) is 4.08. The van der Waals surface area contributed by atoms with Crippen LogP contribution in [-0.4, -0.2) is 20.8 Å². The number of thioether (sulfide) groups is 1. The summed E-state index contributed by atoms with van der Waals surface area (Å²) >= 11 is 1.28. The van der Waals surface area contributed by atoms with Crippen molar-refractivity contribution in [2.75, 3.05) is 23.0 Å². The zero-order valence-electron chi connectivity index (χ0n) is 10.2. The fraction of sp³-hybridized carbons (Fsp3) is 0.167. The first-order valence-corrected chi connectivity index (χ1v) is 6.59. The summed E-state index contributed by atoms with van der Waals surface area (Å²) in [5.74, 6) is 1.02. The first-order valence-electron chi connectivity index (χ1n) is 5.61. The van der Waals surface area contributed by atoms with Crippen molar-refractivity contribution in [3.05, 3.63) is 35.9 Å². The van der Waals surface area contributed by atoms with Crippen LogP contribution in [0.2, 0.25) is 0 Å². The van der Waals surface area contributed by atoms with Gasteiger partial charge in [0, 0.05) is 17.5 Å². The van der Waals surface area contributed by atoms with Gasteiger partial charge in [-0.1, -0.05) is 23.9 Å². The van der Waals surface area contributed by atoms with Crippen molar-refractivity contribution in [3.8, 4) is 0 Å². The summed E-state index contributed by atoms with van der Waals surface area (Å²) in [6.45, 7) is 0. The summed E-state index contributed by atoms with van der Waals surface area (Å²) < 4.78 is 0. The number of rotatable bonds is 4. The summed E-state index contributed by atoms with van der Waals surface area (Å²) in [6, 6.07) is 8.60. The maximum Gasteiger partial charge on any atom is 0.191 e. The Morgan fingerprint density at radius 2 is 1.79 bits per heavy atom. The van der Waals surface area contributed by atoms with Gasteiger partial charge in [0.25, 0.3) is 0 Å². The smallest absolute Gasteiger partial charge is 0.191 e. The molecule has 6 nitrogen and oxygen atoms in total. The molecule has 0 aliphatic rings. The second kappa shape index (κ2) is 5.77. The third kappa shape index (κ3) is 3.73. The van der Waals surface area contributed by atoms with E-state index in [9.17, 15) is 5.11 Å². The van der Waals surface area contributed by atoms with Crippen LogP contribution in [0.5, 0.6) is 0 Å². The molecular weight excluding hydrogens is 262 g/mol. The van der Waals surface area contributed by atoms with Crippen molar-refractivity contribution in [1.82, 2.24) is 9.97 Å². The molecule has 0 aliphatic carbocycles. The standard InChI is InChI=1S/C12H15N5OS/c13-8-3-1-2-7(4-8)9(18)6-19-12-16-10(14)5-11(15)17-12/h1-5,9,18H,6,13H2,(H4,14,15,16,17). The normalized spacial score (nSPS) is 12.3. The highest BCUT2D eigenvalue weighted by molar-refractivity contribution is 7.99. The van der Waals surface area contributed by atoms with Gasteiger partial charge in [0.05, 0.1) is 6.10 Å². The molecule has 0 saturated heterocycles. The molecule has 0 spiro atoms. The molecule has 1 heterocycles. The lowest BCUT2D eigenvalue weighted by Crippen LogP contribution is -2.04. The van der Waals surface area contributed by atoms with Crippen molar-refractivity contribution in [2.45, 2.75) is 11.3 Å². The monoisotopic (exact) mass is 277 g/mol. The zero-order valence-corrected chi connectivity index (χ0v) is 11.0. The molecular formula is C12H15N5OS. The number of nitrogens with zero attached hydrogens (tertiary/aromatic N) is 2. The van der Waals surface area contributed by atoms with Crippen LogP contribution < -0.4 is 17.2 Å². The predicted molar refractivity (Wildman–Crippen MR) is 77.4 cm³/mol. The van der Waals surface area contributed by atoms with Crippen LogP contribution in [0, 0.1) is 0 Å². The Morgan fingerprint density at radius 3 is 2.42 bits per heavy atom. The van der Waals surface area contributed by atoms with Crippen LogP contribution in [-0.2, 0) is 0 Å². The van der Waals surface area contributed by atoms with Gasteiger partial charge in [-0.3, -0.25) is 0 Å². The lowest BCUT2D eigenvalue weighted by molar-refractivity contribution is 0.204. The van der Waals surface area contributed by atoms with Gasteiger partial charge >= 0.3 is 0 Å². The molecule has 0 bridgehead atoms. The van der Waals surface area contributed by atoms with Gasteiger partial charge in [0.15, 0.2) is 5.16 Å². The van der Waals surface area contributed by atoms with Crippen molar-refractivity contribution in [2.24, 2.45) is 0 Å². The summed E-state index contributed by atoms with van der Waals surface area (Å²) in [5, 5.41) is 10.5. The quantitative estimate of drug-likeness (QED) is 0.374. The molecule has 1 aromatic carbocycles. The molecule has 2 aromatic rings. The van der Waals surface area contributed by atoms with E-state index in [4.69, 9.17) is 17.2 Å². The van der Waals surface area contributed by atoms with Crippen molar-refractivity contribution in [3.63, 3.8) is 0 Å². The summed E-state index contributed by atoms with van der Waals surface area (Å²) in [6.07, 6.45) is -0.653. The van der Waals surface area contributed by atoms with E-state index in [1.165, 1.54) is 17.8 Å². The number of aromatic nitrogens is 2. The Bertz CT molecular complexity index is 558. The molecule has 0 radical (unpaired) electrons. The number of anilines is 3. The number of aliphatic hydroxyl groups is 1. The number of hydrogen-bond acceptors (Lipinski definition) is 7.